The van der Waals surface area contributed by atoms with Gasteiger partial charge < -0.3 is 9.80 Å². The Morgan fingerprint density at radius 3 is 2.53 bits per heavy atom. The van der Waals surface area contributed by atoms with E-state index in [9.17, 15) is 14.9 Å². The lowest BCUT2D eigenvalue weighted by atomic mass is 10.2. The molecule has 7 heteroatoms. The van der Waals surface area contributed by atoms with E-state index in [4.69, 9.17) is 0 Å². The first-order chi connectivity index (χ1) is 9.06. The molecule has 2 aliphatic heterocycles. The van der Waals surface area contributed by atoms with E-state index in [1.54, 1.807) is 6.07 Å². The molecule has 0 saturated carbocycles. The summed E-state index contributed by atoms with van der Waals surface area (Å²) in [5.74, 6) is -0.0429. The first-order valence-corrected chi connectivity index (χ1v) is 7.13. The average molecular weight is 281 g/mol. The van der Waals surface area contributed by atoms with Gasteiger partial charge in [-0.1, -0.05) is 11.3 Å². The van der Waals surface area contributed by atoms with Gasteiger partial charge in [-0.25, -0.2) is 0 Å². The predicted octanol–water partition coefficient (Wildman–Crippen LogP) is 1.57. The third-order valence-corrected chi connectivity index (χ3v) is 4.91. The van der Waals surface area contributed by atoms with E-state index in [0.717, 1.165) is 37.3 Å². The van der Waals surface area contributed by atoms with Crippen LogP contribution in [0.25, 0.3) is 0 Å². The van der Waals surface area contributed by atoms with Crippen LogP contribution in [0.4, 0.5) is 5.00 Å². The van der Waals surface area contributed by atoms with Crippen molar-refractivity contribution in [3.8, 4) is 0 Å². The average Bonchev–Trinajstić information content (AvgIpc) is 2.93. The molecular formula is C12H15N3O3S. The number of thiophene rings is 1. The first-order valence-electron chi connectivity index (χ1n) is 6.31. The maximum absolute atomic E-state index is 12.5. The Hall–Kier alpha value is -1.47. The molecule has 102 valence electrons. The van der Waals surface area contributed by atoms with Gasteiger partial charge in [-0.3, -0.25) is 14.9 Å². The van der Waals surface area contributed by atoms with Gasteiger partial charge in [-0.05, 0) is 26.0 Å². The molecule has 1 aromatic rings. The van der Waals surface area contributed by atoms with E-state index < -0.39 is 4.92 Å². The summed E-state index contributed by atoms with van der Waals surface area (Å²) in [4.78, 5) is 27.4. The number of nitro groups is 1. The Bertz CT molecular complexity index is 516. The molecular weight excluding hydrogens is 266 g/mol. The molecule has 0 spiro atoms. The van der Waals surface area contributed by atoms with E-state index in [0.29, 0.717) is 4.88 Å². The summed E-state index contributed by atoms with van der Waals surface area (Å²) in [6.45, 7) is 1.80. The molecule has 0 radical (unpaired) electrons. The number of hydrogen-bond donors (Lipinski definition) is 0. The van der Waals surface area contributed by atoms with E-state index >= 15 is 0 Å². The quantitative estimate of drug-likeness (QED) is 0.609. The molecule has 2 bridgehead atoms. The monoisotopic (exact) mass is 281 g/mol. The third kappa shape index (κ3) is 2.12. The Labute approximate surface area is 114 Å². The minimum absolute atomic E-state index is 0.0322. The Morgan fingerprint density at radius 1 is 1.37 bits per heavy atom. The summed E-state index contributed by atoms with van der Waals surface area (Å²) in [6.07, 6.45) is 2.07. The lowest BCUT2D eigenvalue weighted by molar-refractivity contribution is -0.380. The molecule has 3 heterocycles. The zero-order chi connectivity index (χ0) is 13.6. The van der Waals surface area contributed by atoms with Crippen molar-refractivity contribution < 1.29 is 9.72 Å². The van der Waals surface area contributed by atoms with E-state index in [-0.39, 0.29) is 23.0 Å². The van der Waals surface area contributed by atoms with E-state index in [1.807, 2.05) is 4.90 Å². The van der Waals surface area contributed by atoms with Crippen LogP contribution in [0.3, 0.4) is 0 Å². The lowest BCUT2D eigenvalue weighted by Gasteiger charge is -2.39. The first kappa shape index (κ1) is 12.6. The second kappa shape index (κ2) is 4.57. The number of carbonyl (C=O) groups is 1. The van der Waals surface area contributed by atoms with Crippen LogP contribution in [0.15, 0.2) is 12.1 Å². The van der Waals surface area contributed by atoms with Crippen LogP contribution in [-0.2, 0) is 0 Å². The molecule has 2 saturated heterocycles. The lowest BCUT2D eigenvalue weighted by Crippen LogP contribution is -2.54. The summed E-state index contributed by atoms with van der Waals surface area (Å²) < 4.78 is 0. The highest BCUT2D eigenvalue weighted by Crippen LogP contribution is 2.33. The van der Waals surface area contributed by atoms with Crippen LogP contribution >= 0.6 is 11.3 Å². The van der Waals surface area contributed by atoms with Crippen LogP contribution in [0.1, 0.15) is 22.5 Å². The van der Waals surface area contributed by atoms with Gasteiger partial charge in [0.2, 0.25) is 0 Å². The fourth-order valence-corrected chi connectivity index (χ4v) is 3.88. The van der Waals surface area contributed by atoms with Gasteiger partial charge in [0, 0.05) is 31.2 Å². The maximum Gasteiger partial charge on any atom is 0.324 e. The predicted molar refractivity (Wildman–Crippen MR) is 71.4 cm³/mol. The fraction of sp³-hybridized carbons (Fsp3) is 0.583. The number of carbonyl (C=O) groups excluding carboxylic acids is 1. The zero-order valence-electron chi connectivity index (χ0n) is 10.6. The van der Waals surface area contributed by atoms with Crippen molar-refractivity contribution in [2.45, 2.75) is 24.9 Å². The summed E-state index contributed by atoms with van der Waals surface area (Å²) in [7, 11) is 2.07. The molecule has 3 rings (SSSR count). The zero-order valence-corrected chi connectivity index (χ0v) is 11.4. The molecule has 19 heavy (non-hydrogen) atoms. The number of fused-ring (bicyclic) bond motifs is 2. The number of likely N-dealkylation sites (N-methyl/N-ethyl adjacent to an activating group) is 1. The smallest absolute Gasteiger partial charge is 0.324 e. The summed E-state index contributed by atoms with van der Waals surface area (Å²) in [6, 6.07) is 3.51. The normalized spacial score (nSPS) is 26.7. The molecule has 6 nitrogen and oxygen atoms in total. The van der Waals surface area contributed by atoms with Crippen LogP contribution in [0.5, 0.6) is 0 Å². The highest BCUT2D eigenvalue weighted by molar-refractivity contribution is 7.17. The van der Waals surface area contributed by atoms with Crippen LogP contribution < -0.4 is 0 Å². The second-order valence-corrected chi connectivity index (χ2v) is 6.28. The Balaban J connectivity index is 1.82. The largest absolute Gasteiger partial charge is 0.329 e. The number of piperazine rings is 1. The van der Waals surface area contributed by atoms with Crippen molar-refractivity contribution in [1.82, 2.24) is 9.80 Å². The van der Waals surface area contributed by atoms with Gasteiger partial charge >= 0.3 is 5.00 Å². The van der Waals surface area contributed by atoms with Crippen molar-refractivity contribution in [3.05, 3.63) is 27.1 Å². The molecule has 2 atom stereocenters. The standard InChI is InChI=1S/C12H15N3O3S/c1-13-6-8-2-3-9(7-13)14(8)12(16)10-4-5-11(19-10)15(17)18/h4-5,8-9H,2-3,6-7H2,1H3. The highest BCUT2D eigenvalue weighted by Gasteiger charge is 2.42. The summed E-state index contributed by atoms with van der Waals surface area (Å²) in [5.41, 5.74) is 0. The molecule has 1 aromatic heterocycles. The Morgan fingerprint density at radius 2 is 2.00 bits per heavy atom. The van der Waals surface area contributed by atoms with Gasteiger partial charge in [0.05, 0.1) is 9.80 Å². The second-order valence-electron chi connectivity index (χ2n) is 5.21. The van der Waals surface area contributed by atoms with Gasteiger partial charge in [-0.2, -0.15) is 0 Å². The van der Waals surface area contributed by atoms with Crippen LogP contribution in [0, 0.1) is 10.1 Å². The van der Waals surface area contributed by atoms with E-state index in [2.05, 4.69) is 11.9 Å². The molecule has 0 aliphatic carbocycles. The molecule has 2 aliphatic rings. The number of rotatable bonds is 2. The van der Waals surface area contributed by atoms with Gasteiger partial charge in [0.25, 0.3) is 5.91 Å². The third-order valence-electron chi connectivity index (χ3n) is 3.88. The summed E-state index contributed by atoms with van der Waals surface area (Å²) in [5, 5.41) is 10.7. The molecule has 2 fully saturated rings. The van der Waals surface area contributed by atoms with Crippen LogP contribution in [0.2, 0.25) is 0 Å². The van der Waals surface area contributed by atoms with Crippen LogP contribution in [-0.4, -0.2) is 52.9 Å². The maximum atomic E-state index is 12.5. The van der Waals surface area contributed by atoms with Gasteiger partial charge in [0.15, 0.2) is 0 Å². The number of likely N-dealkylation sites (tertiary alicyclic amines) is 1. The fourth-order valence-electron chi connectivity index (χ4n) is 3.11. The van der Waals surface area contributed by atoms with Crippen molar-refractivity contribution in [1.29, 1.82) is 0 Å². The van der Waals surface area contributed by atoms with Crippen molar-refractivity contribution >= 4 is 22.2 Å². The SMILES string of the molecule is CN1CC2CCC(C1)N2C(=O)c1ccc([N+](=O)[O-])s1. The number of amides is 1. The van der Waals surface area contributed by atoms with Crippen molar-refractivity contribution in [2.75, 3.05) is 20.1 Å². The van der Waals surface area contributed by atoms with E-state index in [1.165, 1.54) is 6.07 Å². The van der Waals surface area contributed by atoms with Gasteiger partial charge in [-0.15, -0.1) is 0 Å². The topological polar surface area (TPSA) is 66.7 Å². The minimum atomic E-state index is -0.444. The molecule has 1 amide bonds. The number of nitrogens with zero attached hydrogens (tertiary/aromatic N) is 3. The molecule has 2 unspecified atom stereocenters. The van der Waals surface area contributed by atoms with Crippen molar-refractivity contribution in [3.63, 3.8) is 0 Å². The van der Waals surface area contributed by atoms with Crippen molar-refractivity contribution in [2.24, 2.45) is 0 Å². The molecule has 0 N–H and O–H groups in total. The molecule has 0 aromatic carbocycles. The highest BCUT2D eigenvalue weighted by atomic mass is 32.1. The van der Waals surface area contributed by atoms with Gasteiger partial charge in [0.1, 0.15) is 0 Å². The minimum Gasteiger partial charge on any atom is -0.329 e. The Kier molecular flexibility index (Phi) is 3.02. The summed E-state index contributed by atoms with van der Waals surface area (Å²) >= 11 is 0.971. The number of hydrogen-bond acceptors (Lipinski definition) is 5.